The molecule has 0 spiro atoms. The molecule has 2 rings (SSSR count). The molecule has 0 aromatic rings. The first kappa shape index (κ1) is 5.83. The van der Waals surface area contributed by atoms with Gasteiger partial charge in [-0.2, -0.15) is 0 Å². The van der Waals surface area contributed by atoms with E-state index >= 15 is 0 Å². The van der Waals surface area contributed by atoms with E-state index in [2.05, 4.69) is 0 Å². The molecule has 0 aromatic heterocycles. The summed E-state index contributed by atoms with van der Waals surface area (Å²) in [6.45, 7) is 0. The predicted octanol–water partition coefficient (Wildman–Crippen LogP) is 0.721. The Morgan fingerprint density at radius 3 is 2.90 bits per heavy atom. The Kier molecular flexibility index (Phi) is 1.04. The predicted molar refractivity (Wildman–Crippen MR) is 35.4 cm³/mol. The second kappa shape index (κ2) is 1.78. The number of allylic oxidation sites excluding steroid dienone is 2. The Hall–Kier alpha value is -0.920. The zero-order valence-corrected chi connectivity index (χ0v) is 5.54. The normalized spacial score (nSPS) is 37.2. The van der Waals surface area contributed by atoms with Crippen molar-refractivity contribution in [2.75, 3.05) is 0 Å². The molecule has 2 heteroatoms. The Labute approximate surface area is 58.9 Å². The molecule has 0 heterocycles. The number of ketones is 2. The van der Waals surface area contributed by atoms with Gasteiger partial charge in [-0.25, -0.2) is 0 Å². The molecule has 52 valence electrons. The van der Waals surface area contributed by atoms with E-state index in [1.807, 2.05) is 12.2 Å². The summed E-state index contributed by atoms with van der Waals surface area (Å²) in [5.74, 6) is -0.0400. The Balaban J connectivity index is 2.30. The van der Waals surface area contributed by atoms with Gasteiger partial charge in [0.1, 0.15) is 0 Å². The zero-order chi connectivity index (χ0) is 7.14. The summed E-state index contributed by atoms with van der Waals surface area (Å²) in [6, 6.07) is 0. The van der Waals surface area contributed by atoms with E-state index in [1.54, 1.807) is 0 Å². The zero-order valence-electron chi connectivity index (χ0n) is 5.54. The van der Waals surface area contributed by atoms with Crippen LogP contribution in [0.3, 0.4) is 0 Å². The Morgan fingerprint density at radius 2 is 2.20 bits per heavy atom. The molecule has 0 N–H and O–H groups in total. The van der Waals surface area contributed by atoms with Crippen LogP contribution in [0.5, 0.6) is 0 Å². The van der Waals surface area contributed by atoms with Gasteiger partial charge >= 0.3 is 0 Å². The molecule has 2 aliphatic rings. The fraction of sp³-hybridized carbons (Fsp3) is 0.500. The molecule has 1 fully saturated rings. The molecule has 0 unspecified atom stereocenters. The highest BCUT2D eigenvalue weighted by atomic mass is 16.2. The summed E-state index contributed by atoms with van der Waals surface area (Å²) in [7, 11) is 0. The molecule has 0 aromatic carbocycles. The number of hydrogen-bond acceptors (Lipinski definition) is 2. The molecule has 0 aliphatic heterocycles. The minimum absolute atomic E-state index is 0.0208. The van der Waals surface area contributed by atoms with Gasteiger partial charge in [0.15, 0.2) is 5.78 Å². The first-order chi connectivity index (χ1) is 4.79. The van der Waals surface area contributed by atoms with Gasteiger partial charge in [0.05, 0.1) is 0 Å². The van der Waals surface area contributed by atoms with Gasteiger partial charge in [-0.15, -0.1) is 0 Å². The maximum Gasteiger partial charge on any atom is 0.202 e. The minimum Gasteiger partial charge on any atom is -0.291 e. The van der Waals surface area contributed by atoms with Crippen molar-refractivity contribution >= 4 is 11.6 Å². The smallest absolute Gasteiger partial charge is 0.202 e. The highest BCUT2D eigenvalue weighted by Gasteiger charge is 2.40. The van der Waals surface area contributed by atoms with Crippen molar-refractivity contribution in [3.63, 3.8) is 0 Å². The van der Waals surface area contributed by atoms with E-state index in [0.717, 1.165) is 6.42 Å². The largest absolute Gasteiger partial charge is 0.291 e. The molecule has 0 saturated heterocycles. The third-order valence-corrected chi connectivity index (χ3v) is 2.32. The van der Waals surface area contributed by atoms with Gasteiger partial charge in [0, 0.05) is 12.3 Å². The molecular weight excluding hydrogens is 128 g/mol. The number of hydrogen-bond donors (Lipinski definition) is 0. The summed E-state index contributed by atoms with van der Waals surface area (Å²) in [5, 5.41) is 0. The lowest BCUT2D eigenvalue weighted by atomic mass is 10.00. The van der Waals surface area contributed by atoms with Gasteiger partial charge in [-0.05, 0) is 12.3 Å². The maximum atomic E-state index is 11.0. The quantitative estimate of drug-likeness (QED) is 0.363. The van der Waals surface area contributed by atoms with Gasteiger partial charge in [-0.1, -0.05) is 12.2 Å². The van der Waals surface area contributed by atoms with Crippen molar-refractivity contribution in [2.24, 2.45) is 11.8 Å². The lowest BCUT2D eigenvalue weighted by molar-refractivity contribution is -0.135. The molecule has 2 atom stereocenters. The van der Waals surface area contributed by atoms with Gasteiger partial charge < -0.3 is 0 Å². The van der Waals surface area contributed by atoms with Crippen LogP contribution in [0.25, 0.3) is 0 Å². The van der Waals surface area contributed by atoms with Crippen LogP contribution in [0.2, 0.25) is 0 Å². The van der Waals surface area contributed by atoms with E-state index in [0.29, 0.717) is 6.42 Å². The van der Waals surface area contributed by atoms with E-state index in [1.165, 1.54) is 0 Å². The average molecular weight is 136 g/mol. The van der Waals surface area contributed by atoms with Gasteiger partial charge in [0.2, 0.25) is 5.78 Å². The van der Waals surface area contributed by atoms with Crippen LogP contribution in [0, 0.1) is 11.8 Å². The standard InChI is InChI=1S/C8H8O2/c9-7-4-5-2-1-3-6(5)8(7)10/h1-2,5-6H,3-4H2/t5-,6-/m1/s1. The highest BCUT2D eigenvalue weighted by Crippen LogP contribution is 2.34. The lowest BCUT2D eigenvalue weighted by Crippen LogP contribution is -2.12. The summed E-state index contributed by atoms with van der Waals surface area (Å²) in [4.78, 5) is 21.8. The molecule has 10 heavy (non-hydrogen) atoms. The van der Waals surface area contributed by atoms with Crippen molar-refractivity contribution in [3.05, 3.63) is 12.2 Å². The second-order valence-corrected chi connectivity index (χ2v) is 2.93. The van der Waals surface area contributed by atoms with Crippen LogP contribution in [0.4, 0.5) is 0 Å². The summed E-state index contributed by atoms with van der Waals surface area (Å²) in [5.41, 5.74) is 0. The fourth-order valence-corrected chi connectivity index (χ4v) is 1.74. The van der Waals surface area contributed by atoms with Gasteiger partial charge in [-0.3, -0.25) is 9.59 Å². The van der Waals surface area contributed by atoms with E-state index in [9.17, 15) is 9.59 Å². The molecular formula is C8H8O2. The molecule has 1 saturated carbocycles. The van der Waals surface area contributed by atoms with E-state index < -0.39 is 0 Å². The van der Waals surface area contributed by atoms with Crippen LogP contribution in [-0.2, 0) is 9.59 Å². The summed E-state index contributed by atoms with van der Waals surface area (Å²) >= 11 is 0. The van der Waals surface area contributed by atoms with Crippen LogP contribution in [0.1, 0.15) is 12.8 Å². The van der Waals surface area contributed by atoms with Crippen LogP contribution < -0.4 is 0 Å². The summed E-state index contributed by atoms with van der Waals surface area (Å²) in [6.07, 6.45) is 5.24. The van der Waals surface area contributed by atoms with Crippen molar-refractivity contribution in [1.29, 1.82) is 0 Å². The number of carbonyl (C=O) groups is 2. The third-order valence-electron chi connectivity index (χ3n) is 2.32. The Morgan fingerprint density at radius 1 is 1.40 bits per heavy atom. The minimum atomic E-state index is -0.167. The summed E-state index contributed by atoms with van der Waals surface area (Å²) < 4.78 is 0. The fourth-order valence-electron chi connectivity index (χ4n) is 1.74. The second-order valence-electron chi connectivity index (χ2n) is 2.93. The average Bonchev–Trinajstić information content (AvgIpc) is 2.41. The molecule has 2 nitrogen and oxygen atoms in total. The van der Waals surface area contributed by atoms with E-state index in [4.69, 9.17) is 0 Å². The molecule has 0 bridgehead atoms. The third kappa shape index (κ3) is 0.589. The lowest BCUT2D eigenvalue weighted by Gasteiger charge is -2.01. The topological polar surface area (TPSA) is 34.1 Å². The molecule has 0 amide bonds. The van der Waals surface area contributed by atoms with Crippen molar-refractivity contribution in [2.45, 2.75) is 12.8 Å². The maximum absolute atomic E-state index is 11.0. The van der Waals surface area contributed by atoms with Crippen molar-refractivity contribution in [1.82, 2.24) is 0 Å². The SMILES string of the molecule is O=C1C[C@H]2C=CC[C@H]2C1=O. The number of rotatable bonds is 0. The van der Waals surface area contributed by atoms with Gasteiger partial charge in [0.25, 0.3) is 0 Å². The van der Waals surface area contributed by atoms with Crippen LogP contribution in [0.15, 0.2) is 12.2 Å². The van der Waals surface area contributed by atoms with Crippen molar-refractivity contribution < 1.29 is 9.59 Å². The van der Waals surface area contributed by atoms with E-state index in [-0.39, 0.29) is 23.4 Å². The monoisotopic (exact) mass is 136 g/mol. The first-order valence-corrected chi connectivity index (χ1v) is 3.53. The molecule has 2 aliphatic carbocycles. The Bertz CT molecular complexity index is 227. The number of carbonyl (C=O) groups excluding carboxylic acids is 2. The number of fused-ring (bicyclic) bond motifs is 1. The van der Waals surface area contributed by atoms with Crippen LogP contribution in [-0.4, -0.2) is 11.6 Å². The molecule has 0 radical (unpaired) electrons. The van der Waals surface area contributed by atoms with Crippen LogP contribution >= 0.6 is 0 Å². The highest BCUT2D eigenvalue weighted by molar-refractivity contribution is 6.40. The van der Waals surface area contributed by atoms with Crippen molar-refractivity contribution in [3.8, 4) is 0 Å². The first-order valence-electron chi connectivity index (χ1n) is 3.53. The number of Topliss-reactive ketones (excluding diaryl/α,β-unsaturated/α-hetero) is 2.